The molecule has 3 aromatic carbocycles. The Hall–Kier alpha value is -4.47. The van der Waals surface area contributed by atoms with E-state index in [9.17, 15) is 35.4 Å². The fourth-order valence-electron chi connectivity index (χ4n) is 16.7. The van der Waals surface area contributed by atoms with Gasteiger partial charge in [0.1, 0.15) is 24.4 Å². The average molecular weight is 1050 g/mol. The Morgan fingerprint density at radius 3 is 1.59 bits per heavy atom. The third-order valence-corrected chi connectivity index (χ3v) is 19.9. The minimum Gasteiger partial charge on any atom is -0.504 e. The molecule has 0 amide bonds. The molecule has 8 N–H and O–H groups in total. The van der Waals surface area contributed by atoms with Gasteiger partial charge >= 0.3 is 10.4 Å². The predicted molar refractivity (Wildman–Crippen MR) is 266 cm³/mol. The number of nitrogens with zero attached hydrogens (tertiary/aromatic N) is 3. The van der Waals surface area contributed by atoms with E-state index in [1.807, 2.05) is 30.4 Å². The van der Waals surface area contributed by atoms with Crippen molar-refractivity contribution in [2.24, 2.45) is 17.8 Å². The number of ketones is 1. The van der Waals surface area contributed by atoms with E-state index in [1.54, 1.807) is 18.2 Å². The van der Waals surface area contributed by atoms with Crippen LogP contribution in [0.4, 0.5) is 0 Å². The fourth-order valence-corrected chi connectivity index (χ4v) is 16.7. The summed E-state index contributed by atoms with van der Waals surface area (Å²) in [6, 6.07) is 12.1. The van der Waals surface area contributed by atoms with Gasteiger partial charge in [-0.1, -0.05) is 42.5 Å². The highest BCUT2D eigenvalue weighted by Crippen LogP contribution is 2.66. The minimum atomic E-state index is -4.67. The number of ether oxygens (including phenoxy) is 3. The van der Waals surface area contributed by atoms with Crippen LogP contribution in [0.1, 0.15) is 78.3 Å². The molecule has 6 heterocycles. The number of carbonyl (C=O) groups is 1. The van der Waals surface area contributed by atoms with Gasteiger partial charge in [-0.05, 0) is 132 Å². The maximum atomic E-state index is 12.7. The Bertz CT molecular complexity index is 2870. The molecule has 0 aromatic heterocycles. The number of aliphatic hydroxyl groups is 3. The number of likely N-dealkylation sites (tertiary alicyclic amines) is 3. The van der Waals surface area contributed by atoms with Crippen LogP contribution in [0.25, 0.3) is 0 Å². The lowest BCUT2D eigenvalue weighted by molar-refractivity contribution is -0.188. The summed E-state index contributed by atoms with van der Waals surface area (Å²) in [4.78, 5) is 20.1. The molecule has 16 rings (SSSR count). The lowest BCUT2D eigenvalue weighted by Crippen LogP contribution is -2.76. The lowest BCUT2D eigenvalue weighted by atomic mass is 9.49. The van der Waals surface area contributed by atoms with E-state index in [2.05, 4.69) is 40.9 Å². The molecular formula is C54H64ClN3O14S. The van der Waals surface area contributed by atoms with Crippen LogP contribution >= 0.6 is 12.4 Å². The van der Waals surface area contributed by atoms with Gasteiger partial charge in [-0.3, -0.25) is 18.8 Å². The first kappa shape index (κ1) is 49.4. The maximum absolute atomic E-state index is 12.7. The maximum Gasteiger partial charge on any atom is 0.394 e. The van der Waals surface area contributed by atoms with E-state index in [1.165, 1.54) is 35.1 Å². The van der Waals surface area contributed by atoms with Gasteiger partial charge in [0.25, 0.3) is 0 Å². The number of phenolic OH excluding ortho intramolecular Hbond substituents is 3. The van der Waals surface area contributed by atoms with E-state index in [0.717, 1.165) is 81.7 Å². The zero-order valence-corrected chi connectivity index (χ0v) is 42.3. The van der Waals surface area contributed by atoms with Crippen LogP contribution < -0.4 is 14.2 Å². The van der Waals surface area contributed by atoms with Gasteiger partial charge in [-0.15, -0.1) is 12.4 Å². The molecule has 19 heteroatoms. The monoisotopic (exact) mass is 1050 g/mol. The van der Waals surface area contributed by atoms with Gasteiger partial charge < -0.3 is 54.6 Å². The number of carbonyl (C=O) groups excluding carboxylic acids is 1. The van der Waals surface area contributed by atoms with E-state index in [4.69, 9.17) is 31.7 Å². The third-order valence-electron chi connectivity index (χ3n) is 19.9. The van der Waals surface area contributed by atoms with Crippen molar-refractivity contribution >= 4 is 28.6 Å². The third kappa shape index (κ3) is 6.80. The molecule has 6 aliphatic heterocycles. The minimum absolute atomic E-state index is 0. The van der Waals surface area contributed by atoms with Crippen molar-refractivity contribution in [3.8, 4) is 34.5 Å². The normalized spacial score (nSPS) is 39.5. The molecular weight excluding hydrogens is 982 g/mol. The van der Waals surface area contributed by atoms with Crippen molar-refractivity contribution in [3.63, 3.8) is 0 Å². The molecule has 17 nitrogen and oxygen atoms in total. The summed E-state index contributed by atoms with van der Waals surface area (Å²) in [5.41, 5.74) is 5.03. The van der Waals surface area contributed by atoms with Crippen LogP contribution in [0.3, 0.4) is 0 Å². The van der Waals surface area contributed by atoms with Crippen LogP contribution in [-0.2, 0) is 50.7 Å². The number of hydrogen-bond donors (Lipinski definition) is 8. The highest BCUT2D eigenvalue weighted by molar-refractivity contribution is 7.79. The van der Waals surface area contributed by atoms with Gasteiger partial charge in [-0.2, -0.15) is 8.42 Å². The molecule has 5 fully saturated rings. The highest BCUT2D eigenvalue weighted by atomic mass is 35.5. The molecule has 73 heavy (non-hydrogen) atoms. The second kappa shape index (κ2) is 16.8. The Morgan fingerprint density at radius 1 is 0.644 bits per heavy atom. The van der Waals surface area contributed by atoms with E-state index in [-0.39, 0.29) is 64.5 Å². The van der Waals surface area contributed by atoms with E-state index >= 15 is 0 Å². The van der Waals surface area contributed by atoms with Crippen molar-refractivity contribution in [2.75, 3.05) is 40.3 Å². The molecule has 3 spiro atoms. The molecule has 0 unspecified atom stereocenters. The number of Topliss-reactive ketones (excluding diaryl/α,β-unsaturated/α-hetero) is 1. The Morgan fingerprint density at radius 2 is 1.11 bits per heavy atom. The molecule has 7 aliphatic carbocycles. The summed E-state index contributed by atoms with van der Waals surface area (Å²) in [7, 11) is -0.291. The number of halogens is 1. The summed E-state index contributed by atoms with van der Waals surface area (Å²) in [6.07, 6.45) is 14.7. The summed E-state index contributed by atoms with van der Waals surface area (Å²) >= 11 is 0. The fraction of sp³-hybridized carbons (Fsp3) is 0.574. The zero-order valence-electron chi connectivity index (χ0n) is 40.7. The van der Waals surface area contributed by atoms with Crippen LogP contribution in [0.2, 0.25) is 0 Å². The molecule has 0 radical (unpaired) electrons. The van der Waals surface area contributed by atoms with Gasteiger partial charge in [0, 0.05) is 70.4 Å². The number of piperidine rings is 3. The number of benzene rings is 3. The molecule has 3 saturated heterocycles. The Labute approximate surface area is 430 Å². The second-order valence-electron chi connectivity index (χ2n) is 23.0. The van der Waals surface area contributed by atoms with Crippen molar-refractivity contribution in [1.82, 2.24) is 14.7 Å². The SMILES string of the molecule is CN1CC[C@]23c4c5ccc(O)c4O[C@H]2[C@@H](O)C=C[C@H]3[C@H]1C5.CN1CC[C@]23c4c5ccc(O)c4O[C@H]2[C@@H](O)C=C[C@H]3[C@H]1C5.Cl.O=C1CC[C@@]2(O)[C@H]3Cc4ccc(O)c5c4[C@@]2(CCN3CC2CC2)[C@H]1O5.O=S(=O)(O)O. The predicted octanol–water partition coefficient (Wildman–Crippen LogP) is 3.69. The van der Waals surface area contributed by atoms with Crippen molar-refractivity contribution in [1.29, 1.82) is 0 Å². The Kier molecular flexibility index (Phi) is 11.3. The number of rotatable bonds is 2. The molecule has 13 aliphatic rings. The van der Waals surface area contributed by atoms with Crippen LogP contribution in [-0.4, -0.2) is 163 Å². The molecule has 3 aromatic rings. The van der Waals surface area contributed by atoms with Crippen molar-refractivity contribution < 1.29 is 67.2 Å². The van der Waals surface area contributed by atoms with Gasteiger partial charge in [-0.25, -0.2) is 0 Å². The smallest absolute Gasteiger partial charge is 0.394 e. The van der Waals surface area contributed by atoms with Crippen LogP contribution in [0, 0.1) is 17.8 Å². The summed E-state index contributed by atoms with van der Waals surface area (Å²) in [6.45, 7) is 3.97. The quantitative estimate of drug-likeness (QED) is 0.135. The number of hydrogen-bond acceptors (Lipinski definition) is 15. The lowest BCUT2D eigenvalue weighted by Gasteiger charge is -2.62. The zero-order chi connectivity index (χ0) is 50.2. The molecule has 6 bridgehead atoms. The summed E-state index contributed by atoms with van der Waals surface area (Å²) in [5.74, 6) is 3.77. The van der Waals surface area contributed by atoms with Gasteiger partial charge in [0.05, 0.1) is 11.0 Å². The first-order valence-electron chi connectivity index (χ1n) is 25.7. The highest BCUT2D eigenvalue weighted by Gasteiger charge is 2.73. The number of aliphatic hydroxyl groups excluding tert-OH is 2. The van der Waals surface area contributed by atoms with Crippen LogP contribution in [0.5, 0.6) is 34.5 Å². The van der Waals surface area contributed by atoms with Crippen molar-refractivity contribution in [2.45, 2.75) is 135 Å². The number of phenols is 3. The van der Waals surface area contributed by atoms with Gasteiger partial charge in [0.15, 0.2) is 46.4 Å². The Balaban J connectivity index is 0.000000106. The summed E-state index contributed by atoms with van der Waals surface area (Å²) < 4.78 is 49.8. The van der Waals surface area contributed by atoms with E-state index in [0.29, 0.717) is 54.0 Å². The largest absolute Gasteiger partial charge is 0.504 e. The molecule has 2 saturated carbocycles. The van der Waals surface area contributed by atoms with E-state index < -0.39 is 39.7 Å². The second-order valence-corrected chi connectivity index (χ2v) is 23.9. The number of aromatic hydroxyl groups is 3. The standard InChI is InChI=1S/C20H23NO4.2C17H19NO3.ClH.H2O4S/c22-13-4-3-12-9-15-20(24)6-5-14(23)18-19(20,16(12)17(13)25-18)7-8-21(15)10-11-1-2-11;2*1-18-7-6-17-10-3-5-13(20)16(17)21-15-12(19)4-2-9(14(15)17)8-11(10)18;;1-5(2,3)4/h3-4,11,15,18,22,24H,1-2,5-10H2;2*2-5,10-11,13,16,19-20H,6-8H2,1H3;1H;(H2,1,2,3,4)/t15-,18+,19+,20-;2*10-,11+,13-,16-,17-;;/m100../s1. The first-order valence-corrected chi connectivity index (χ1v) is 27.1. The molecule has 392 valence electrons. The van der Waals surface area contributed by atoms with Crippen LogP contribution in [0.15, 0.2) is 60.7 Å². The van der Waals surface area contributed by atoms with Gasteiger partial charge in [0.2, 0.25) is 0 Å². The first-order chi connectivity index (χ1) is 34.3. The summed E-state index contributed by atoms with van der Waals surface area (Å²) in [5, 5.41) is 63.6. The topological polar surface area (TPSA) is 250 Å². The average Bonchev–Trinajstić information content (AvgIpc) is 3.82. The molecule has 14 atom stereocenters. The van der Waals surface area contributed by atoms with Crippen molar-refractivity contribution in [3.05, 3.63) is 94.1 Å². The number of likely N-dealkylation sites (N-methyl/N-ethyl adjacent to an activating group) is 2.